The highest BCUT2D eigenvalue weighted by Gasteiger charge is 2.20. The highest BCUT2D eigenvalue weighted by molar-refractivity contribution is 7.89. The molecule has 0 spiro atoms. The molecule has 0 saturated heterocycles. The molecule has 0 saturated carbocycles. The molecule has 0 aliphatic rings. The number of sulfonamides is 1. The van der Waals surface area contributed by atoms with Crippen molar-refractivity contribution in [3.63, 3.8) is 0 Å². The van der Waals surface area contributed by atoms with E-state index in [9.17, 15) is 8.42 Å². The zero-order valence-corrected chi connectivity index (χ0v) is 13.9. The van der Waals surface area contributed by atoms with Crippen LogP contribution in [0.1, 0.15) is 18.1 Å². The molecular formula is C17H21NO3S. The summed E-state index contributed by atoms with van der Waals surface area (Å²) in [5.74, 6) is 0.669. The molecule has 4 nitrogen and oxygen atoms in total. The molecule has 5 heteroatoms. The van der Waals surface area contributed by atoms with Crippen LogP contribution in [-0.4, -0.2) is 26.4 Å². The van der Waals surface area contributed by atoms with E-state index in [0.29, 0.717) is 18.9 Å². The lowest BCUT2D eigenvalue weighted by atomic mass is 10.1. The molecule has 0 atom stereocenters. The Balaban J connectivity index is 2.18. The average molecular weight is 319 g/mol. The fourth-order valence-corrected chi connectivity index (χ4v) is 3.37. The van der Waals surface area contributed by atoms with Crippen LogP contribution in [0.5, 0.6) is 5.75 Å². The molecule has 0 bridgehead atoms. The Bertz CT molecular complexity index is 724. The molecule has 0 amide bonds. The quantitative estimate of drug-likeness (QED) is 0.821. The van der Waals surface area contributed by atoms with Gasteiger partial charge in [-0.15, -0.1) is 0 Å². The van der Waals surface area contributed by atoms with Gasteiger partial charge in [0.25, 0.3) is 0 Å². The maximum atomic E-state index is 12.6. The fraction of sp³-hybridized carbons (Fsp3) is 0.294. The molecule has 0 heterocycles. The summed E-state index contributed by atoms with van der Waals surface area (Å²) in [4.78, 5) is 0.270. The number of ether oxygens (including phenoxy) is 1. The van der Waals surface area contributed by atoms with Gasteiger partial charge in [-0.2, -0.15) is 4.31 Å². The Morgan fingerprint density at radius 2 is 1.77 bits per heavy atom. The van der Waals surface area contributed by atoms with Gasteiger partial charge < -0.3 is 4.74 Å². The van der Waals surface area contributed by atoms with E-state index >= 15 is 0 Å². The van der Waals surface area contributed by atoms with Gasteiger partial charge in [0.05, 0.1) is 11.5 Å². The number of aryl methyl sites for hydroxylation is 1. The van der Waals surface area contributed by atoms with Crippen LogP contribution in [0.15, 0.2) is 53.4 Å². The van der Waals surface area contributed by atoms with Crippen molar-refractivity contribution in [2.75, 3.05) is 13.7 Å². The van der Waals surface area contributed by atoms with Crippen LogP contribution in [0.25, 0.3) is 0 Å². The normalized spacial score (nSPS) is 11.6. The summed E-state index contributed by atoms with van der Waals surface area (Å²) < 4.78 is 31.8. The predicted octanol–water partition coefficient (Wildman–Crippen LogP) is 3.21. The van der Waals surface area contributed by atoms with E-state index in [1.54, 1.807) is 31.3 Å². The van der Waals surface area contributed by atoms with Crippen molar-refractivity contribution in [2.24, 2.45) is 0 Å². The summed E-state index contributed by atoms with van der Waals surface area (Å²) in [7, 11) is -1.91. The molecule has 0 fully saturated rings. The van der Waals surface area contributed by atoms with Crippen molar-refractivity contribution in [2.45, 2.75) is 25.3 Å². The van der Waals surface area contributed by atoms with Crippen molar-refractivity contribution in [1.82, 2.24) is 4.31 Å². The Kier molecular flexibility index (Phi) is 5.21. The highest BCUT2D eigenvalue weighted by Crippen LogP contribution is 2.20. The Hall–Kier alpha value is -1.85. The summed E-state index contributed by atoms with van der Waals surface area (Å²) in [5, 5.41) is 0. The monoisotopic (exact) mass is 319 g/mol. The maximum Gasteiger partial charge on any atom is 0.243 e. The summed E-state index contributed by atoms with van der Waals surface area (Å²) in [6.07, 6.45) is 0. The Morgan fingerprint density at radius 3 is 2.36 bits per heavy atom. The Morgan fingerprint density at radius 1 is 1.09 bits per heavy atom. The first kappa shape index (κ1) is 16.5. The van der Waals surface area contributed by atoms with E-state index in [0.717, 1.165) is 11.1 Å². The first-order valence-corrected chi connectivity index (χ1v) is 8.62. The van der Waals surface area contributed by atoms with E-state index in [2.05, 4.69) is 0 Å². The molecule has 2 aromatic carbocycles. The largest absolute Gasteiger partial charge is 0.494 e. The number of benzene rings is 2. The van der Waals surface area contributed by atoms with Crippen molar-refractivity contribution in [1.29, 1.82) is 0 Å². The van der Waals surface area contributed by atoms with Crippen LogP contribution in [-0.2, 0) is 16.6 Å². The first-order chi connectivity index (χ1) is 10.4. The first-order valence-electron chi connectivity index (χ1n) is 7.18. The van der Waals surface area contributed by atoms with Crippen LogP contribution in [0.2, 0.25) is 0 Å². The molecule has 0 unspecified atom stereocenters. The minimum atomic E-state index is -3.50. The van der Waals surface area contributed by atoms with E-state index in [-0.39, 0.29) is 4.90 Å². The second-order valence-corrected chi connectivity index (χ2v) is 7.20. The zero-order chi connectivity index (χ0) is 16.2. The SMILES string of the molecule is CCOc1ccc(S(=O)(=O)N(C)Cc2cccc(C)c2)cc1. The molecule has 22 heavy (non-hydrogen) atoms. The lowest BCUT2D eigenvalue weighted by molar-refractivity contribution is 0.340. The smallest absolute Gasteiger partial charge is 0.243 e. The summed E-state index contributed by atoms with van der Waals surface area (Å²) in [6.45, 7) is 4.78. The lowest BCUT2D eigenvalue weighted by Crippen LogP contribution is -2.26. The lowest BCUT2D eigenvalue weighted by Gasteiger charge is -2.18. The van der Waals surface area contributed by atoms with Crippen LogP contribution < -0.4 is 4.74 Å². The number of hydrogen-bond donors (Lipinski definition) is 0. The summed E-state index contributed by atoms with van der Waals surface area (Å²) in [6, 6.07) is 14.3. The standard InChI is InChI=1S/C17H21NO3S/c1-4-21-16-8-10-17(11-9-16)22(19,20)18(3)13-15-7-5-6-14(2)12-15/h5-12H,4,13H2,1-3H3. The topological polar surface area (TPSA) is 46.6 Å². The number of hydrogen-bond acceptors (Lipinski definition) is 3. The van der Waals surface area contributed by atoms with Gasteiger partial charge in [-0.3, -0.25) is 0 Å². The molecule has 2 aromatic rings. The highest BCUT2D eigenvalue weighted by atomic mass is 32.2. The average Bonchev–Trinajstić information content (AvgIpc) is 2.48. The van der Waals surface area contributed by atoms with Crippen LogP contribution >= 0.6 is 0 Å². The third-order valence-electron chi connectivity index (χ3n) is 3.33. The molecule has 0 aromatic heterocycles. The van der Waals surface area contributed by atoms with Gasteiger partial charge in [0.1, 0.15) is 5.75 Å². The fourth-order valence-electron chi connectivity index (χ4n) is 2.21. The number of rotatable bonds is 6. The van der Waals surface area contributed by atoms with Gasteiger partial charge in [-0.25, -0.2) is 8.42 Å². The van der Waals surface area contributed by atoms with Crippen LogP contribution in [0.4, 0.5) is 0 Å². The van der Waals surface area contributed by atoms with Gasteiger partial charge >= 0.3 is 0 Å². The van der Waals surface area contributed by atoms with Gasteiger partial charge in [0, 0.05) is 13.6 Å². The predicted molar refractivity (Wildman–Crippen MR) is 87.4 cm³/mol. The molecule has 118 valence electrons. The Labute approximate surface area is 132 Å². The molecule has 0 N–H and O–H groups in total. The van der Waals surface area contributed by atoms with Gasteiger partial charge in [-0.1, -0.05) is 29.8 Å². The third kappa shape index (κ3) is 3.87. The van der Waals surface area contributed by atoms with Gasteiger partial charge in [0.2, 0.25) is 10.0 Å². The zero-order valence-electron chi connectivity index (χ0n) is 13.1. The van der Waals surface area contributed by atoms with Gasteiger partial charge in [0.15, 0.2) is 0 Å². The second-order valence-electron chi connectivity index (χ2n) is 5.15. The van der Waals surface area contributed by atoms with E-state index in [4.69, 9.17) is 4.74 Å². The third-order valence-corrected chi connectivity index (χ3v) is 5.15. The van der Waals surface area contributed by atoms with Crippen LogP contribution in [0, 0.1) is 6.92 Å². The molecular weight excluding hydrogens is 298 g/mol. The van der Waals surface area contributed by atoms with Gasteiger partial charge in [-0.05, 0) is 43.7 Å². The van der Waals surface area contributed by atoms with Crippen molar-refractivity contribution >= 4 is 10.0 Å². The minimum absolute atomic E-state index is 0.270. The summed E-state index contributed by atoms with van der Waals surface area (Å²) >= 11 is 0. The maximum absolute atomic E-state index is 12.6. The van der Waals surface area contributed by atoms with E-state index in [1.807, 2.05) is 38.1 Å². The summed E-state index contributed by atoms with van der Waals surface area (Å²) in [5.41, 5.74) is 2.08. The van der Waals surface area contributed by atoms with Crippen molar-refractivity contribution < 1.29 is 13.2 Å². The van der Waals surface area contributed by atoms with Crippen molar-refractivity contribution in [3.05, 3.63) is 59.7 Å². The molecule has 0 aliphatic carbocycles. The molecule has 0 aliphatic heterocycles. The second kappa shape index (κ2) is 6.94. The van der Waals surface area contributed by atoms with Crippen LogP contribution in [0.3, 0.4) is 0 Å². The van der Waals surface area contributed by atoms with E-state index in [1.165, 1.54) is 4.31 Å². The molecule has 0 radical (unpaired) electrons. The number of nitrogens with zero attached hydrogens (tertiary/aromatic N) is 1. The van der Waals surface area contributed by atoms with E-state index < -0.39 is 10.0 Å². The molecule has 2 rings (SSSR count). The van der Waals surface area contributed by atoms with Crippen molar-refractivity contribution in [3.8, 4) is 5.75 Å². The minimum Gasteiger partial charge on any atom is -0.494 e.